The summed E-state index contributed by atoms with van der Waals surface area (Å²) in [6.45, 7) is 4.58. The number of hydrogen-bond acceptors (Lipinski definition) is 5. The van der Waals surface area contributed by atoms with Gasteiger partial charge in [-0.3, -0.25) is 14.4 Å². The van der Waals surface area contributed by atoms with E-state index in [2.05, 4.69) is 19.9 Å². The van der Waals surface area contributed by atoms with Crippen LogP contribution >= 0.6 is 0 Å². The maximum absolute atomic E-state index is 13.0. The number of rotatable bonds is 1. The zero-order valence-corrected chi connectivity index (χ0v) is 18.0. The summed E-state index contributed by atoms with van der Waals surface area (Å²) in [5.41, 5.74) is 1.82. The number of ether oxygens (including phenoxy) is 2. The predicted octanol–water partition coefficient (Wildman–Crippen LogP) is 3.77. The highest BCUT2D eigenvalue weighted by atomic mass is 16.6. The highest BCUT2D eigenvalue weighted by Gasteiger charge is 2.79. The lowest BCUT2D eigenvalue weighted by atomic mass is 9.47. The third-order valence-corrected chi connectivity index (χ3v) is 10.0. The summed E-state index contributed by atoms with van der Waals surface area (Å²) in [5, 5.41) is 0. The van der Waals surface area contributed by atoms with E-state index in [1.807, 2.05) is 0 Å². The standard InChI is InChI=1S/C25H30O5/c1-23-7-4-14(26)10-13(23)11-16(22(28)29-3)20-17(23)5-8-24(2)21(20)15-12-18(15)25(24)9-6-19(27)30-25/h5,10,15-16,18,20-21H,4,6-9,11-12H2,1-3H3/t15-,16-,18+,20?,21?,23+,24+,25+/m1/s1. The molecule has 4 fully saturated rings. The Morgan fingerprint density at radius 3 is 2.70 bits per heavy atom. The number of allylic oxidation sites excluding steroid dienone is 4. The molecule has 8 atom stereocenters. The lowest BCUT2D eigenvalue weighted by molar-refractivity contribution is -0.169. The number of carbonyl (C=O) groups is 3. The van der Waals surface area contributed by atoms with Crippen LogP contribution in [0.25, 0.3) is 0 Å². The average molecular weight is 411 g/mol. The van der Waals surface area contributed by atoms with Crippen molar-refractivity contribution in [3.05, 3.63) is 23.3 Å². The van der Waals surface area contributed by atoms with Gasteiger partial charge in [-0.05, 0) is 55.9 Å². The minimum Gasteiger partial charge on any atom is -0.469 e. The van der Waals surface area contributed by atoms with Crippen molar-refractivity contribution < 1.29 is 23.9 Å². The third-order valence-electron chi connectivity index (χ3n) is 10.0. The molecular weight excluding hydrogens is 380 g/mol. The van der Waals surface area contributed by atoms with Crippen LogP contribution in [0.2, 0.25) is 0 Å². The molecule has 5 aliphatic carbocycles. The first-order valence-corrected chi connectivity index (χ1v) is 11.5. The van der Waals surface area contributed by atoms with Gasteiger partial charge in [0, 0.05) is 29.6 Å². The molecule has 1 spiro atoms. The number of fused-ring (bicyclic) bond motifs is 9. The molecule has 1 heterocycles. The fourth-order valence-corrected chi connectivity index (χ4v) is 8.58. The Hall–Kier alpha value is -1.91. The molecule has 160 valence electrons. The van der Waals surface area contributed by atoms with Crippen molar-refractivity contribution in [1.29, 1.82) is 0 Å². The molecule has 0 amide bonds. The summed E-state index contributed by atoms with van der Waals surface area (Å²) in [6, 6.07) is 0. The van der Waals surface area contributed by atoms with Crippen LogP contribution in [0.5, 0.6) is 0 Å². The highest BCUT2D eigenvalue weighted by molar-refractivity contribution is 5.92. The van der Waals surface area contributed by atoms with E-state index in [-0.39, 0.29) is 46.0 Å². The van der Waals surface area contributed by atoms with Crippen molar-refractivity contribution in [2.45, 2.75) is 64.4 Å². The SMILES string of the molecule is COC(=O)[C@@H]1CC2=CC(=O)CC[C@]2(C)C2=CC[C@@]3(C)C(C21)[C@@H]1C[C@@H]1[C@@]31CCC(=O)O1. The van der Waals surface area contributed by atoms with E-state index in [4.69, 9.17) is 9.47 Å². The van der Waals surface area contributed by atoms with E-state index in [1.54, 1.807) is 6.08 Å². The maximum Gasteiger partial charge on any atom is 0.309 e. The van der Waals surface area contributed by atoms with E-state index in [1.165, 1.54) is 12.7 Å². The summed E-state index contributed by atoms with van der Waals surface area (Å²) in [4.78, 5) is 37.4. The molecule has 30 heavy (non-hydrogen) atoms. The van der Waals surface area contributed by atoms with Crippen molar-refractivity contribution >= 4 is 17.7 Å². The molecule has 0 aromatic rings. The molecule has 2 unspecified atom stereocenters. The van der Waals surface area contributed by atoms with Crippen molar-refractivity contribution in [3.8, 4) is 0 Å². The summed E-state index contributed by atoms with van der Waals surface area (Å²) < 4.78 is 11.4. The Morgan fingerprint density at radius 1 is 1.20 bits per heavy atom. The fourth-order valence-electron chi connectivity index (χ4n) is 8.58. The van der Waals surface area contributed by atoms with Gasteiger partial charge in [0.05, 0.1) is 13.0 Å². The molecular formula is C25H30O5. The quantitative estimate of drug-likeness (QED) is 0.486. The van der Waals surface area contributed by atoms with Crippen LogP contribution in [0.4, 0.5) is 0 Å². The Kier molecular flexibility index (Phi) is 3.55. The first-order valence-electron chi connectivity index (χ1n) is 11.5. The van der Waals surface area contributed by atoms with Gasteiger partial charge in [0.1, 0.15) is 5.60 Å². The molecule has 1 aliphatic heterocycles. The average Bonchev–Trinajstić information content (AvgIpc) is 3.36. The normalized spacial score (nSPS) is 50.6. The smallest absolute Gasteiger partial charge is 0.309 e. The Labute approximate surface area is 177 Å². The summed E-state index contributed by atoms with van der Waals surface area (Å²) >= 11 is 0. The van der Waals surface area contributed by atoms with E-state index >= 15 is 0 Å². The molecule has 1 saturated heterocycles. The van der Waals surface area contributed by atoms with Gasteiger partial charge in [-0.1, -0.05) is 31.1 Å². The Bertz CT molecular complexity index is 945. The van der Waals surface area contributed by atoms with Gasteiger partial charge in [-0.15, -0.1) is 0 Å². The minimum absolute atomic E-state index is 0.0616. The predicted molar refractivity (Wildman–Crippen MR) is 108 cm³/mol. The first-order chi connectivity index (χ1) is 14.2. The second kappa shape index (κ2) is 5.66. The van der Waals surface area contributed by atoms with Gasteiger partial charge < -0.3 is 9.47 Å². The summed E-state index contributed by atoms with van der Waals surface area (Å²) in [6.07, 6.45) is 9.48. The van der Waals surface area contributed by atoms with Gasteiger partial charge >= 0.3 is 11.9 Å². The lowest BCUT2D eigenvalue weighted by Gasteiger charge is -2.57. The number of esters is 2. The molecule has 0 aromatic carbocycles. The van der Waals surface area contributed by atoms with Gasteiger partial charge in [0.25, 0.3) is 0 Å². The van der Waals surface area contributed by atoms with Crippen LogP contribution in [0.3, 0.4) is 0 Å². The summed E-state index contributed by atoms with van der Waals surface area (Å²) in [7, 11) is 1.47. The molecule has 0 N–H and O–H groups in total. The topological polar surface area (TPSA) is 69.7 Å². The van der Waals surface area contributed by atoms with E-state index < -0.39 is 0 Å². The molecule has 6 aliphatic rings. The number of carbonyl (C=O) groups excluding carboxylic acids is 3. The molecule has 5 heteroatoms. The van der Waals surface area contributed by atoms with Crippen LogP contribution < -0.4 is 0 Å². The zero-order valence-electron chi connectivity index (χ0n) is 18.0. The van der Waals surface area contributed by atoms with Gasteiger partial charge in [-0.2, -0.15) is 0 Å². The number of ketones is 1. The van der Waals surface area contributed by atoms with Crippen molar-refractivity contribution in [1.82, 2.24) is 0 Å². The van der Waals surface area contributed by atoms with E-state index in [0.717, 1.165) is 31.3 Å². The Morgan fingerprint density at radius 2 is 2.00 bits per heavy atom. The highest BCUT2D eigenvalue weighted by Crippen LogP contribution is 2.78. The second-order valence-electron chi connectivity index (χ2n) is 11.0. The molecule has 5 nitrogen and oxygen atoms in total. The first kappa shape index (κ1) is 18.8. The summed E-state index contributed by atoms with van der Waals surface area (Å²) in [5.74, 6) is 1.07. The fraction of sp³-hybridized carbons (Fsp3) is 0.720. The molecule has 3 saturated carbocycles. The van der Waals surface area contributed by atoms with Gasteiger partial charge in [-0.25, -0.2) is 0 Å². The Balaban J connectivity index is 1.51. The van der Waals surface area contributed by atoms with E-state index in [0.29, 0.717) is 37.0 Å². The zero-order chi connectivity index (χ0) is 21.1. The van der Waals surface area contributed by atoms with Crippen LogP contribution in [0.15, 0.2) is 23.3 Å². The molecule has 0 bridgehead atoms. The van der Waals surface area contributed by atoms with Crippen molar-refractivity contribution in [2.24, 2.45) is 40.4 Å². The van der Waals surface area contributed by atoms with Gasteiger partial charge in [0.2, 0.25) is 0 Å². The number of methoxy groups -OCH3 is 1. The lowest BCUT2D eigenvalue weighted by Crippen LogP contribution is -2.56. The second-order valence-corrected chi connectivity index (χ2v) is 11.0. The maximum atomic E-state index is 13.0. The molecule has 6 rings (SSSR count). The third kappa shape index (κ3) is 2.02. The number of hydrogen-bond donors (Lipinski definition) is 0. The largest absolute Gasteiger partial charge is 0.469 e. The van der Waals surface area contributed by atoms with Crippen molar-refractivity contribution in [3.63, 3.8) is 0 Å². The van der Waals surface area contributed by atoms with Crippen LogP contribution in [0, 0.1) is 40.4 Å². The minimum atomic E-state index is -0.359. The van der Waals surface area contributed by atoms with Crippen LogP contribution in [-0.2, 0) is 23.9 Å². The van der Waals surface area contributed by atoms with Crippen LogP contribution in [0.1, 0.15) is 58.8 Å². The monoisotopic (exact) mass is 410 g/mol. The van der Waals surface area contributed by atoms with Crippen molar-refractivity contribution in [2.75, 3.05) is 7.11 Å². The van der Waals surface area contributed by atoms with Crippen LogP contribution in [-0.4, -0.2) is 30.4 Å². The molecule has 0 aromatic heterocycles. The van der Waals surface area contributed by atoms with E-state index in [9.17, 15) is 14.4 Å². The molecule has 0 radical (unpaired) electrons. The van der Waals surface area contributed by atoms with Gasteiger partial charge in [0.15, 0.2) is 5.78 Å².